The van der Waals surface area contributed by atoms with E-state index in [-0.39, 0.29) is 18.0 Å². The summed E-state index contributed by atoms with van der Waals surface area (Å²) in [6.45, 7) is -0.179. The highest BCUT2D eigenvalue weighted by atomic mass is 19.4. The summed E-state index contributed by atoms with van der Waals surface area (Å²) in [4.78, 5) is 0. The average Bonchev–Trinajstić information content (AvgIpc) is 2.37. The number of hydrogen-bond donors (Lipinski definition) is 2. The molecule has 0 atom stereocenters. The van der Waals surface area contributed by atoms with E-state index in [0.717, 1.165) is 12.1 Å². The molecular formula is C14H12F3NO2. The first kappa shape index (κ1) is 14.2. The molecule has 2 aromatic rings. The van der Waals surface area contributed by atoms with Crippen molar-refractivity contribution in [2.75, 3.05) is 5.73 Å². The number of alkyl halides is 3. The summed E-state index contributed by atoms with van der Waals surface area (Å²) in [6.07, 6.45) is -4.49. The molecule has 20 heavy (non-hydrogen) atoms. The minimum atomic E-state index is -4.49. The molecule has 2 rings (SSSR count). The van der Waals surface area contributed by atoms with Crippen molar-refractivity contribution < 1.29 is 23.0 Å². The number of benzene rings is 2. The molecule has 0 amide bonds. The Morgan fingerprint density at radius 2 is 1.80 bits per heavy atom. The van der Waals surface area contributed by atoms with Crippen LogP contribution in [0.1, 0.15) is 11.1 Å². The van der Waals surface area contributed by atoms with Gasteiger partial charge in [0.15, 0.2) is 0 Å². The van der Waals surface area contributed by atoms with Crippen LogP contribution in [0.4, 0.5) is 18.9 Å². The lowest BCUT2D eigenvalue weighted by Gasteiger charge is -2.12. The van der Waals surface area contributed by atoms with E-state index in [9.17, 15) is 13.2 Å². The summed E-state index contributed by atoms with van der Waals surface area (Å²) < 4.78 is 43.3. The molecule has 2 aromatic carbocycles. The normalized spacial score (nSPS) is 11.4. The Morgan fingerprint density at radius 1 is 1.05 bits per heavy atom. The highest BCUT2D eigenvalue weighted by molar-refractivity contribution is 5.49. The molecule has 0 saturated carbocycles. The van der Waals surface area contributed by atoms with Crippen molar-refractivity contribution in [3.8, 4) is 11.5 Å². The number of halogens is 3. The van der Waals surface area contributed by atoms with E-state index < -0.39 is 11.7 Å². The molecule has 0 aliphatic carbocycles. The van der Waals surface area contributed by atoms with Crippen molar-refractivity contribution in [3.05, 3.63) is 53.6 Å². The highest BCUT2D eigenvalue weighted by Gasteiger charge is 2.31. The minimum Gasteiger partial charge on any atom is -0.457 e. The van der Waals surface area contributed by atoms with E-state index in [1.165, 1.54) is 12.1 Å². The molecule has 106 valence electrons. The topological polar surface area (TPSA) is 55.5 Å². The third-order valence-corrected chi connectivity index (χ3v) is 2.57. The van der Waals surface area contributed by atoms with E-state index >= 15 is 0 Å². The lowest BCUT2D eigenvalue weighted by Crippen LogP contribution is -2.06. The second kappa shape index (κ2) is 5.42. The van der Waals surface area contributed by atoms with Crippen LogP contribution in [0.3, 0.4) is 0 Å². The summed E-state index contributed by atoms with van der Waals surface area (Å²) in [7, 11) is 0. The van der Waals surface area contributed by atoms with Gasteiger partial charge in [-0.2, -0.15) is 13.2 Å². The summed E-state index contributed by atoms with van der Waals surface area (Å²) in [6, 6.07) is 9.46. The van der Waals surface area contributed by atoms with E-state index in [4.69, 9.17) is 15.6 Å². The minimum absolute atomic E-state index is 0.00702. The maximum Gasteiger partial charge on any atom is 0.416 e. The van der Waals surface area contributed by atoms with Gasteiger partial charge in [-0.05, 0) is 29.8 Å². The first-order valence-corrected chi connectivity index (χ1v) is 5.74. The lowest BCUT2D eigenvalue weighted by molar-refractivity contribution is -0.137. The van der Waals surface area contributed by atoms with Gasteiger partial charge in [-0.3, -0.25) is 0 Å². The van der Waals surface area contributed by atoms with Crippen LogP contribution in [0.5, 0.6) is 11.5 Å². The Hall–Kier alpha value is -2.21. The van der Waals surface area contributed by atoms with Gasteiger partial charge in [-0.15, -0.1) is 0 Å². The van der Waals surface area contributed by atoms with Crippen molar-refractivity contribution >= 4 is 5.69 Å². The number of aliphatic hydroxyl groups excluding tert-OH is 1. The predicted octanol–water partition coefficient (Wildman–Crippen LogP) is 3.57. The maximum atomic E-state index is 12.7. The summed E-state index contributed by atoms with van der Waals surface area (Å²) >= 11 is 0. The quantitative estimate of drug-likeness (QED) is 0.847. The van der Waals surface area contributed by atoms with Crippen LogP contribution in [-0.2, 0) is 12.8 Å². The van der Waals surface area contributed by atoms with Crippen molar-refractivity contribution in [2.45, 2.75) is 12.8 Å². The highest BCUT2D eigenvalue weighted by Crippen LogP contribution is 2.34. The molecule has 0 fully saturated rings. The molecule has 0 unspecified atom stereocenters. The summed E-state index contributed by atoms with van der Waals surface area (Å²) in [5, 5.41) is 9.00. The second-order valence-electron chi connectivity index (χ2n) is 4.20. The first-order valence-electron chi connectivity index (χ1n) is 5.74. The van der Waals surface area contributed by atoms with E-state index in [0.29, 0.717) is 11.3 Å². The van der Waals surface area contributed by atoms with Crippen LogP contribution in [0.25, 0.3) is 0 Å². The van der Waals surface area contributed by atoms with Gasteiger partial charge in [0, 0.05) is 11.8 Å². The number of ether oxygens (including phenoxy) is 1. The van der Waals surface area contributed by atoms with Crippen LogP contribution in [0.2, 0.25) is 0 Å². The Balaban J connectivity index is 2.31. The molecule has 3 nitrogen and oxygen atoms in total. The molecule has 0 saturated heterocycles. The van der Waals surface area contributed by atoms with Gasteiger partial charge in [0.05, 0.1) is 12.2 Å². The van der Waals surface area contributed by atoms with Gasteiger partial charge in [-0.1, -0.05) is 12.1 Å². The van der Waals surface area contributed by atoms with Crippen molar-refractivity contribution in [1.82, 2.24) is 0 Å². The van der Waals surface area contributed by atoms with Gasteiger partial charge in [0.25, 0.3) is 0 Å². The number of aliphatic hydroxyl groups is 1. The third-order valence-electron chi connectivity index (χ3n) is 2.57. The number of nitrogen functional groups attached to an aromatic ring is 1. The van der Waals surface area contributed by atoms with Crippen molar-refractivity contribution in [1.29, 1.82) is 0 Å². The zero-order valence-corrected chi connectivity index (χ0v) is 10.3. The molecule has 0 aliphatic rings. The molecule has 0 aliphatic heterocycles. The fraction of sp³-hybridized carbons (Fsp3) is 0.143. The number of rotatable bonds is 3. The van der Waals surface area contributed by atoms with Crippen molar-refractivity contribution in [3.63, 3.8) is 0 Å². The van der Waals surface area contributed by atoms with Crippen LogP contribution >= 0.6 is 0 Å². The molecule has 0 heterocycles. The number of nitrogens with two attached hydrogens (primary N) is 1. The third kappa shape index (κ3) is 3.42. The first-order chi connectivity index (χ1) is 9.38. The van der Waals surface area contributed by atoms with Crippen LogP contribution in [0.15, 0.2) is 42.5 Å². The molecule has 0 bridgehead atoms. The fourth-order valence-corrected chi connectivity index (χ4v) is 1.69. The van der Waals surface area contributed by atoms with Gasteiger partial charge in [0.2, 0.25) is 0 Å². The van der Waals surface area contributed by atoms with Gasteiger partial charge < -0.3 is 15.6 Å². The fourth-order valence-electron chi connectivity index (χ4n) is 1.69. The standard InChI is InChI=1S/C14H12F3NO2/c15-14(16,17)10-5-11(18)7-13(6-10)20-12-3-1-2-9(4-12)8-19/h1-7,19H,8,18H2. The summed E-state index contributed by atoms with van der Waals surface area (Å²) in [5.74, 6) is 0.322. The maximum absolute atomic E-state index is 12.7. The Morgan fingerprint density at radius 3 is 2.45 bits per heavy atom. The molecule has 6 heteroatoms. The number of anilines is 1. The largest absolute Gasteiger partial charge is 0.457 e. The smallest absolute Gasteiger partial charge is 0.416 e. The zero-order valence-electron chi connectivity index (χ0n) is 10.3. The Bertz CT molecular complexity index is 612. The van der Waals surface area contributed by atoms with Crippen LogP contribution in [0, 0.1) is 0 Å². The van der Waals surface area contributed by atoms with E-state index in [2.05, 4.69) is 0 Å². The van der Waals surface area contributed by atoms with Gasteiger partial charge in [0.1, 0.15) is 11.5 Å². The monoisotopic (exact) mass is 283 g/mol. The van der Waals surface area contributed by atoms with E-state index in [1.54, 1.807) is 18.2 Å². The summed E-state index contributed by atoms with van der Waals surface area (Å²) in [5.41, 5.74) is 5.14. The Labute approximate surface area is 113 Å². The molecule has 0 aromatic heterocycles. The molecule has 0 radical (unpaired) electrons. The SMILES string of the molecule is Nc1cc(Oc2cccc(CO)c2)cc(C(F)(F)F)c1. The molecular weight excluding hydrogens is 271 g/mol. The molecule has 0 spiro atoms. The molecule has 3 N–H and O–H groups in total. The lowest BCUT2D eigenvalue weighted by atomic mass is 10.2. The predicted molar refractivity (Wildman–Crippen MR) is 68.3 cm³/mol. The average molecular weight is 283 g/mol. The van der Waals surface area contributed by atoms with Crippen LogP contribution < -0.4 is 10.5 Å². The van der Waals surface area contributed by atoms with Crippen LogP contribution in [-0.4, -0.2) is 5.11 Å². The van der Waals surface area contributed by atoms with E-state index in [1.807, 2.05) is 0 Å². The second-order valence-corrected chi connectivity index (χ2v) is 4.20. The Kier molecular flexibility index (Phi) is 3.85. The van der Waals surface area contributed by atoms with Crippen molar-refractivity contribution in [2.24, 2.45) is 0 Å². The van der Waals surface area contributed by atoms with Gasteiger partial charge >= 0.3 is 6.18 Å². The van der Waals surface area contributed by atoms with Gasteiger partial charge in [-0.25, -0.2) is 0 Å². The number of hydrogen-bond acceptors (Lipinski definition) is 3. The zero-order chi connectivity index (χ0) is 14.8.